The Morgan fingerprint density at radius 2 is 2.09 bits per heavy atom. The molecular formula is C18H18N2O3. The van der Waals surface area contributed by atoms with Crippen molar-refractivity contribution >= 4 is 12.1 Å². The lowest BCUT2D eigenvalue weighted by Crippen LogP contribution is -2.20. The molecule has 0 aliphatic heterocycles. The molecule has 1 fully saturated rings. The largest absolute Gasteiger partial charge is 0.504 e. The number of nitrogens with zero attached hydrogens (tertiary/aromatic N) is 1. The standard InChI is InChI=1S/C18H18N2O3/c1-23-17-9-12(7-8-16(17)21)11-19-20-18(22)15-10-14(15)13-5-3-2-4-6-13/h2-9,11,14-15,21H,10H2,1H3,(H,20,22)/b19-11-/t14-,15-/m1/s1. The summed E-state index contributed by atoms with van der Waals surface area (Å²) in [5, 5.41) is 13.5. The van der Waals surface area contributed by atoms with E-state index < -0.39 is 0 Å². The average molecular weight is 310 g/mol. The van der Waals surface area contributed by atoms with Crippen LogP contribution in [0.4, 0.5) is 0 Å². The predicted molar refractivity (Wildman–Crippen MR) is 87.7 cm³/mol. The van der Waals surface area contributed by atoms with E-state index in [1.807, 2.05) is 30.3 Å². The minimum atomic E-state index is -0.0687. The average Bonchev–Trinajstić information content (AvgIpc) is 3.38. The Hall–Kier alpha value is -2.82. The van der Waals surface area contributed by atoms with Gasteiger partial charge in [0.2, 0.25) is 5.91 Å². The zero-order valence-corrected chi connectivity index (χ0v) is 12.8. The van der Waals surface area contributed by atoms with Crippen molar-refractivity contribution in [3.05, 3.63) is 59.7 Å². The van der Waals surface area contributed by atoms with E-state index in [1.54, 1.807) is 12.1 Å². The van der Waals surface area contributed by atoms with Crippen LogP contribution in [-0.2, 0) is 4.79 Å². The number of benzene rings is 2. The number of hydrazone groups is 1. The predicted octanol–water partition coefficient (Wildman–Crippen LogP) is 2.65. The highest BCUT2D eigenvalue weighted by molar-refractivity contribution is 5.86. The molecule has 23 heavy (non-hydrogen) atoms. The Labute approximate surface area is 134 Å². The SMILES string of the molecule is COc1cc(/C=N\NC(=O)[C@@H]2C[C@@H]2c2ccccc2)ccc1O. The van der Waals surface area contributed by atoms with Crippen LogP contribution in [0.1, 0.15) is 23.5 Å². The molecule has 0 bridgehead atoms. The van der Waals surface area contributed by atoms with Crippen molar-refractivity contribution in [2.45, 2.75) is 12.3 Å². The molecule has 2 N–H and O–H groups in total. The number of amides is 1. The normalized spacial score (nSPS) is 19.5. The summed E-state index contributed by atoms with van der Waals surface area (Å²) in [4.78, 5) is 12.1. The maximum Gasteiger partial charge on any atom is 0.243 e. The van der Waals surface area contributed by atoms with Gasteiger partial charge >= 0.3 is 0 Å². The molecule has 2 aromatic rings. The zero-order valence-electron chi connectivity index (χ0n) is 12.8. The van der Waals surface area contributed by atoms with Crippen molar-refractivity contribution in [1.29, 1.82) is 0 Å². The number of phenols is 1. The van der Waals surface area contributed by atoms with Gasteiger partial charge in [-0.05, 0) is 41.7 Å². The van der Waals surface area contributed by atoms with Gasteiger partial charge in [-0.2, -0.15) is 5.10 Å². The van der Waals surface area contributed by atoms with Gasteiger partial charge in [0.05, 0.1) is 13.3 Å². The number of methoxy groups -OCH3 is 1. The molecule has 3 rings (SSSR count). The molecule has 0 radical (unpaired) electrons. The number of carbonyl (C=O) groups is 1. The summed E-state index contributed by atoms with van der Waals surface area (Å²) in [6.45, 7) is 0. The first-order chi connectivity index (χ1) is 11.2. The molecule has 2 aromatic carbocycles. The quantitative estimate of drug-likeness (QED) is 0.659. The molecule has 2 atom stereocenters. The molecule has 1 amide bonds. The molecule has 0 saturated heterocycles. The number of phenolic OH excluding ortho intramolecular Hbond substituents is 1. The number of hydrogen-bond acceptors (Lipinski definition) is 4. The number of hydrogen-bond donors (Lipinski definition) is 2. The number of aromatic hydroxyl groups is 1. The van der Waals surface area contributed by atoms with Crippen LogP contribution in [0.5, 0.6) is 11.5 Å². The van der Waals surface area contributed by atoms with Crippen LogP contribution in [0.15, 0.2) is 53.6 Å². The van der Waals surface area contributed by atoms with Gasteiger partial charge in [-0.1, -0.05) is 30.3 Å². The van der Waals surface area contributed by atoms with Gasteiger partial charge in [0.15, 0.2) is 11.5 Å². The molecule has 0 heterocycles. The lowest BCUT2D eigenvalue weighted by Gasteiger charge is -2.03. The lowest BCUT2D eigenvalue weighted by molar-refractivity contribution is -0.122. The molecule has 0 aromatic heterocycles. The van der Waals surface area contributed by atoms with E-state index in [1.165, 1.54) is 25.0 Å². The van der Waals surface area contributed by atoms with Gasteiger partial charge in [0, 0.05) is 5.92 Å². The first-order valence-electron chi connectivity index (χ1n) is 7.44. The van der Waals surface area contributed by atoms with Crippen LogP contribution < -0.4 is 10.2 Å². The Kier molecular flexibility index (Phi) is 4.28. The lowest BCUT2D eigenvalue weighted by atomic mass is 10.1. The van der Waals surface area contributed by atoms with Crippen molar-refractivity contribution in [3.63, 3.8) is 0 Å². The summed E-state index contributed by atoms with van der Waals surface area (Å²) in [7, 11) is 1.48. The van der Waals surface area contributed by atoms with Gasteiger partial charge in [0.25, 0.3) is 0 Å². The summed E-state index contributed by atoms with van der Waals surface area (Å²) >= 11 is 0. The van der Waals surface area contributed by atoms with Crippen LogP contribution in [0.25, 0.3) is 0 Å². The van der Waals surface area contributed by atoms with Crippen LogP contribution >= 0.6 is 0 Å². The van der Waals surface area contributed by atoms with E-state index in [0.717, 1.165) is 12.0 Å². The molecule has 1 aliphatic rings. The third-order valence-corrected chi connectivity index (χ3v) is 3.95. The number of carbonyl (C=O) groups excluding carboxylic acids is 1. The topological polar surface area (TPSA) is 70.9 Å². The summed E-state index contributed by atoms with van der Waals surface area (Å²) in [6.07, 6.45) is 2.39. The molecule has 0 spiro atoms. The molecule has 5 heteroatoms. The summed E-state index contributed by atoms with van der Waals surface area (Å²) in [5.74, 6) is 0.647. The minimum absolute atomic E-state index is 0.0103. The van der Waals surface area contributed by atoms with Gasteiger partial charge < -0.3 is 9.84 Å². The summed E-state index contributed by atoms with van der Waals surface area (Å²) < 4.78 is 5.03. The van der Waals surface area contributed by atoms with Crippen molar-refractivity contribution in [2.24, 2.45) is 11.0 Å². The highest BCUT2D eigenvalue weighted by Gasteiger charge is 2.43. The monoisotopic (exact) mass is 310 g/mol. The molecule has 5 nitrogen and oxygen atoms in total. The van der Waals surface area contributed by atoms with Crippen molar-refractivity contribution in [2.75, 3.05) is 7.11 Å². The van der Waals surface area contributed by atoms with E-state index in [-0.39, 0.29) is 17.6 Å². The highest BCUT2D eigenvalue weighted by Crippen LogP contribution is 2.47. The second-order valence-corrected chi connectivity index (χ2v) is 5.52. The third kappa shape index (κ3) is 3.51. The first kappa shape index (κ1) is 15.1. The maximum atomic E-state index is 12.1. The fourth-order valence-electron chi connectivity index (χ4n) is 2.58. The van der Waals surface area contributed by atoms with E-state index in [9.17, 15) is 9.90 Å². The number of ether oxygens (including phenoxy) is 1. The minimum Gasteiger partial charge on any atom is -0.504 e. The van der Waals surface area contributed by atoms with E-state index in [2.05, 4.69) is 10.5 Å². The molecular weight excluding hydrogens is 292 g/mol. The molecule has 1 aliphatic carbocycles. The third-order valence-electron chi connectivity index (χ3n) is 3.95. The van der Waals surface area contributed by atoms with E-state index in [0.29, 0.717) is 11.7 Å². The van der Waals surface area contributed by atoms with Crippen molar-refractivity contribution in [3.8, 4) is 11.5 Å². The Morgan fingerprint density at radius 3 is 2.83 bits per heavy atom. The summed E-state index contributed by atoms with van der Waals surface area (Å²) in [6, 6.07) is 14.9. The van der Waals surface area contributed by atoms with Gasteiger partial charge in [0.1, 0.15) is 0 Å². The van der Waals surface area contributed by atoms with Crippen molar-refractivity contribution < 1.29 is 14.6 Å². The zero-order chi connectivity index (χ0) is 16.2. The number of rotatable bonds is 5. The van der Waals surface area contributed by atoms with Crippen LogP contribution in [0, 0.1) is 5.92 Å². The fourth-order valence-corrected chi connectivity index (χ4v) is 2.58. The van der Waals surface area contributed by atoms with Gasteiger partial charge in [-0.25, -0.2) is 5.43 Å². The highest BCUT2D eigenvalue weighted by atomic mass is 16.5. The second kappa shape index (κ2) is 6.52. The Balaban J connectivity index is 1.56. The number of nitrogens with one attached hydrogen (secondary N) is 1. The van der Waals surface area contributed by atoms with E-state index >= 15 is 0 Å². The summed E-state index contributed by atoms with van der Waals surface area (Å²) in [5.41, 5.74) is 4.50. The van der Waals surface area contributed by atoms with Crippen LogP contribution in [0.2, 0.25) is 0 Å². The van der Waals surface area contributed by atoms with Crippen LogP contribution in [0.3, 0.4) is 0 Å². The second-order valence-electron chi connectivity index (χ2n) is 5.52. The van der Waals surface area contributed by atoms with Crippen LogP contribution in [-0.4, -0.2) is 24.3 Å². The molecule has 1 saturated carbocycles. The van der Waals surface area contributed by atoms with Gasteiger partial charge in [-0.15, -0.1) is 0 Å². The van der Waals surface area contributed by atoms with Crippen molar-refractivity contribution in [1.82, 2.24) is 5.43 Å². The first-order valence-corrected chi connectivity index (χ1v) is 7.44. The van der Waals surface area contributed by atoms with Gasteiger partial charge in [-0.3, -0.25) is 4.79 Å². The fraction of sp³-hybridized carbons (Fsp3) is 0.222. The molecule has 0 unspecified atom stereocenters. The Bertz CT molecular complexity index is 728. The smallest absolute Gasteiger partial charge is 0.243 e. The van der Waals surface area contributed by atoms with E-state index in [4.69, 9.17) is 4.74 Å². The molecule has 118 valence electrons. The Morgan fingerprint density at radius 1 is 1.30 bits per heavy atom. The maximum absolute atomic E-state index is 12.1.